The van der Waals surface area contributed by atoms with Gasteiger partial charge in [0, 0.05) is 22.8 Å². The van der Waals surface area contributed by atoms with Crippen molar-refractivity contribution in [3.63, 3.8) is 0 Å². The molecule has 0 unspecified atom stereocenters. The molecule has 3 rings (SSSR count). The Hall–Kier alpha value is -2.68. The number of pyridine rings is 1. The first-order chi connectivity index (χ1) is 10.1. The molecule has 2 aromatic carbocycles. The molecule has 1 amide bonds. The Bertz CT molecular complexity index is 810. The summed E-state index contributed by atoms with van der Waals surface area (Å²) in [7, 11) is 0. The Kier molecular flexibility index (Phi) is 3.40. The molecular weight excluding hydrogens is 260 g/mol. The maximum Gasteiger partial charge on any atom is 0.255 e. The normalized spacial score (nSPS) is 10.6. The lowest BCUT2D eigenvalue weighted by molar-refractivity contribution is 0.102. The van der Waals surface area contributed by atoms with Gasteiger partial charge in [0.25, 0.3) is 5.91 Å². The topological polar surface area (TPSA) is 42.0 Å². The van der Waals surface area contributed by atoms with Gasteiger partial charge in [0.2, 0.25) is 0 Å². The summed E-state index contributed by atoms with van der Waals surface area (Å²) in [4.78, 5) is 16.7. The number of amides is 1. The molecule has 0 atom stereocenters. The first-order valence-corrected chi connectivity index (χ1v) is 6.87. The van der Waals surface area contributed by atoms with Gasteiger partial charge >= 0.3 is 0 Å². The van der Waals surface area contributed by atoms with Gasteiger partial charge in [0.15, 0.2) is 0 Å². The van der Waals surface area contributed by atoms with Crippen molar-refractivity contribution >= 4 is 22.5 Å². The lowest BCUT2D eigenvalue weighted by Gasteiger charge is -2.08. The fourth-order valence-electron chi connectivity index (χ4n) is 2.29. The third-order valence-electron chi connectivity index (χ3n) is 3.68. The van der Waals surface area contributed by atoms with Gasteiger partial charge in [-0.05, 0) is 55.3 Å². The molecule has 3 aromatic rings. The number of benzene rings is 2. The van der Waals surface area contributed by atoms with E-state index in [1.807, 2.05) is 61.7 Å². The molecule has 0 radical (unpaired) electrons. The molecule has 0 fully saturated rings. The molecule has 0 saturated carbocycles. The Labute approximate surface area is 123 Å². The van der Waals surface area contributed by atoms with E-state index in [2.05, 4.69) is 17.2 Å². The minimum absolute atomic E-state index is 0.107. The lowest BCUT2D eigenvalue weighted by Crippen LogP contribution is -2.11. The van der Waals surface area contributed by atoms with Gasteiger partial charge in [-0.1, -0.05) is 18.2 Å². The molecule has 0 aliphatic heterocycles. The quantitative estimate of drug-likeness (QED) is 0.765. The van der Waals surface area contributed by atoms with Gasteiger partial charge in [0.1, 0.15) is 0 Å². The van der Waals surface area contributed by atoms with E-state index in [9.17, 15) is 4.79 Å². The van der Waals surface area contributed by atoms with Crippen molar-refractivity contribution in [1.82, 2.24) is 4.98 Å². The van der Waals surface area contributed by atoms with Gasteiger partial charge in [-0.3, -0.25) is 9.78 Å². The average Bonchev–Trinajstić information content (AvgIpc) is 2.52. The molecule has 104 valence electrons. The summed E-state index contributed by atoms with van der Waals surface area (Å²) in [5.41, 5.74) is 4.63. The number of aryl methyl sites for hydroxylation is 2. The van der Waals surface area contributed by atoms with Crippen LogP contribution in [-0.2, 0) is 0 Å². The Morgan fingerprint density at radius 3 is 2.57 bits per heavy atom. The van der Waals surface area contributed by atoms with E-state index < -0.39 is 0 Å². The first kappa shape index (κ1) is 13.3. The number of hydrogen-bond acceptors (Lipinski definition) is 2. The van der Waals surface area contributed by atoms with Gasteiger partial charge in [0.05, 0.1) is 5.52 Å². The van der Waals surface area contributed by atoms with Crippen molar-refractivity contribution in [3.05, 3.63) is 71.4 Å². The lowest BCUT2D eigenvalue weighted by atomic mass is 10.0. The number of rotatable bonds is 2. The van der Waals surface area contributed by atoms with Crippen LogP contribution in [0.5, 0.6) is 0 Å². The molecule has 3 nitrogen and oxygen atoms in total. The predicted molar refractivity (Wildman–Crippen MR) is 85.6 cm³/mol. The SMILES string of the molecule is Cc1cnc2ccc(C(=O)Nc3ccccc3)cc2c1C. The molecule has 1 heterocycles. The third kappa shape index (κ3) is 2.63. The van der Waals surface area contributed by atoms with Crippen LogP contribution < -0.4 is 5.32 Å². The monoisotopic (exact) mass is 276 g/mol. The van der Waals surface area contributed by atoms with E-state index in [-0.39, 0.29) is 5.91 Å². The number of hydrogen-bond donors (Lipinski definition) is 1. The van der Waals surface area contributed by atoms with Gasteiger partial charge < -0.3 is 5.32 Å². The summed E-state index contributed by atoms with van der Waals surface area (Å²) in [5, 5.41) is 3.92. The minimum atomic E-state index is -0.107. The highest BCUT2D eigenvalue weighted by Crippen LogP contribution is 2.21. The van der Waals surface area contributed by atoms with Crippen LogP contribution in [0.1, 0.15) is 21.5 Å². The molecule has 1 aromatic heterocycles. The maximum absolute atomic E-state index is 12.3. The fourth-order valence-corrected chi connectivity index (χ4v) is 2.29. The van der Waals surface area contributed by atoms with E-state index >= 15 is 0 Å². The fraction of sp³-hybridized carbons (Fsp3) is 0.111. The second-order valence-electron chi connectivity index (χ2n) is 5.12. The van der Waals surface area contributed by atoms with Crippen LogP contribution >= 0.6 is 0 Å². The second kappa shape index (κ2) is 5.37. The second-order valence-corrected chi connectivity index (χ2v) is 5.12. The van der Waals surface area contributed by atoms with Crippen LogP contribution in [0.2, 0.25) is 0 Å². The van der Waals surface area contributed by atoms with Gasteiger partial charge in [-0.2, -0.15) is 0 Å². The zero-order chi connectivity index (χ0) is 14.8. The largest absolute Gasteiger partial charge is 0.322 e. The first-order valence-electron chi connectivity index (χ1n) is 6.87. The highest BCUT2D eigenvalue weighted by atomic mass is 16.1. The van der Waals surface area contributed by atoms with E-state index in [1.54, 1.807) is 0 Å². The van der Waals surface area contributed by atoms with E-state index in [1.165, 1.54) is 0 Å². The number of anilines is 1. The van der Waals surface area contributed by atoms with Crippen molar-refractivity contribution in [1.29, 1.82) is 0 Å². The number of nitrogens with one attached hydrogen (secondary N) is 1. The van der Waals surface area contributed by atoms with E-state index in [4.69, 9.17) is 0 Å². The predicted octanol–water partition coefficient (Wildman–Crippen LogP) is 4.10. The summed E-state index contributed by atoms with van der Waals surface area (Å²) in [6, 6.07) is 15.1. The Morgan fingerprint density at radius 2 is 1.81 bits per heavy atom. The summed E-state index contributed by atoms with van der Waals surface area (Å²) < 4.78 is 0. The highest BCUT2D eigenvalue weighted by molar-refractivity contribution is 6.06. The van der Waals surface area contributed by atoms with E-state index in [0.717, 1.165) is 27.7 Å². The third-order valence-corrected chi connectivity index (χ3v) is 3.68. The number of aromatic nitrogens is 1. The van der Waals surface area contributed by atoms with Crippen LogP contribution in [-0.4, -0.2) is 10.9 Å². The maximum atomic E-state index is 12.3. The van der Waals surface area contributed by atoms with Crippen molar-refractivity contribution in [3.8, 4) is 0 Å². The Morgan fingerprint density at radius 1 is 1.05 bits per heavy atom. The van der Waals surface area contributed by atoms with Gasteiger partial charge in [-0.15, -0.1) is 0 Å². The van der Waals surface area contributed by atoms with E-state index in [0.29, 0.717) is 5.56 Å². The summed E-state index contributed by atoms with van der Waals surface area (Å²) >= 11 is 0. The number of carbonyl (C=O) groups is 1. The molecular formula is C18H16N2O. The molecule has 21 heavy (non-hydrogen) atoms. The summed E-state index contributed by atoms with van der Waals surface area (Å²) in [6.45, 7) is 4.08. The molecule has 0 saturated heterocycles. The molecule has 0 aliphatic rings. The van der Waals surface area contributed by atoms with Crippen LogP contribution in [0.25, 0.3) is 10.9 Å². The molecule has 3 heteroatoms. The zero-order valence-electron chi connectivity index (χ0n) is 12.1. The van der Waals surface area contributed by atoms with Crippen LogP contribution in [0.15, 0.2) is 54.7 Å². The number of para-hydroxylation sites is 1. The van der Waals surface area contributed by atoms with Crippen molar-refractivity contribution in [2.75, 3.05) is 5.32 Å². The smallest absolute Gasteiger partial charge is 0.255 e. The van der Waals surface area contributed by atoms with Crippen molar-refractivity contribution in [2.24, 2.45) is 0 Å². The molecule has 1 N–H and O–H groups in total. The summed E-state index contributed by atoms with van der Waals surface area (Å²) in [5.74, 6) is -0.107. The Balaban J connectivity index is 1.97. The standard InChI is InChI=1S/C18H16N2O/c1-12-11-19-17-9-8-14(10-16(17)13(12)2)18(21)20-15-6-4-3-5-7-15/h3-11H,1-2H3,(H,20,21). The number of carbonyl (C=O) groups excluding carboxylic acids is 1. The summed E-state index contributed by atoms with van der Waals surface area (Å²) in [6.07, 6.45) is 1.86. The average molecular weight is 276 g/mol. The van der Waals surface area contributed by atoms with Gasteiger partial charge in [-0.25, -0.2) is 0 Å². The number of nitrogens with zero attached hydrogens (tertiary/aromatic N) is 1. The minimum Gasteiger partial charge on any atom is -0.322 e. The molecule has 0 spiro atoms. The zero-order valence-corrected chi connectivity index (χ0v) is 12.1. The number of fused-ring (bicyclic) bond motifs is 1. The van der Waals surface area contributed by atoms with Crippen LogP contribution in [0.3, 0.4) is 0 Å². The van der Waals surface area contributed by atoms with Crippen molar-refractivity contribution < 1.29 is 4.79 Å². The van der Waals surface area contributed by atoms with Crippen molar-refractivity contribution in [2.45, 2.75) is 13.8 Å². The van der Waals surface area contributed by atoms with Crippen LogP contribution in [0, 0.1) is 13.8 Å². The van der Waals surface area contributed by atoms with Crippen LogP contribution in [0.4, 0.5) is 5.69 Å². The molecule has 0 aliphatic carbocycles. The highest BCUT2D eigenvalue weighted by Gasteiger charge is 2.09. The molecule has 0 bridgehead atoms.